The van der Waals surface area contributed by atoms with Crippen LogP contribution in [0.15, 0.2) is 63.4 Å². The van der Waals surface area contributed by atoms with E-state index in [2.05, 4.69) is 27.8 Å². The molecule has 7 heteroatoms. The van der Waals surface area contributed by atoms with Gasteiger partial charge in [-0.25, -0.2) is 12.7 Å². The molecule has 3 rings (SSSR count). The molecule has 0 aromatic heterocycles. The highest BCUT2D eigenvalue weighted by Crippen LogP contribution is 2.41. The van der Waals surface area contributed by atoms with Gasteiger partial charge in [0.25, 0.3) is 10.0 Å². The first-order valence-electron chi connectivity index (χ1n) is 8.48. The van der Waals surface area contributed by atoms with Gasteiger partial charge in [-0.15, -0.1) is 0 Å². The zero-order chi connectivity index (χ0) is 19.8. The van der Waals surface area contributed by atoms with E-state index in [4.69, 9.17) is 0 Å². The van der Waals surface area contributed by atoms with Gasteiger partial charge in [0, 0.05) is 29.5 Å². The number of halogens is 1. The fourth-order valence-electron chi connectivity index (χ4n) is 2.90. The summed E-state index contributed by atoms with van der Waals surface area (Å²) in [5.74, 6) is 6.19. The van der Waals surface area contributed by atoms with E-state index in [-0.39, 0.29) is 4.90 Å². The van der Waals surface area contributed by atoms with Gasteiger partial charge >= 0.3 is 0 Å². The minimum Gasteiger partial charge on any atom is -0.354 e. The van der Waals surface area contributed by atoms with Crippen molar-refractivity contribution in [3.8, 4) is 11.8 Å². The summed E-state index contributed by atoms with van der Waals surface area (Å²) < 4.78 is 29.1. The maximum atomic E-state index is 13.4. The standard InChI is InChI=1S/C20H22BrN3O2S/c1-15-7-9-17(10-8-15)27(25,26)24-16(6-5-11-22(2)3)12-18-19(21)13-23(4)14-20(18)24/h7-10,12-14,16H,11H2,1-4H3. The third-order valence-electron chi connectivity index (χ3n) is 4.21. The second kappa shape index (κ2) is 7.55. The number of aryl methyl sites for hydroxylation is 1. The molecule has 2 aliphatic heterocycles. The summed E-state index contributed by atoms with van der Waals surface area (Å²) in [6.45, 7) is 2.50. The van der Waals surface area contributed by atoms with Crippen molar-refractivity contribution < 1.29 is 8.42 Å². The van der Waals surface area contributed by atoms with Crippen LogP contribution in [0, 0.1) is 18.8 Å². The number of nitrogens with zero attached hydrogens (tertiary/aromatic N) is 3. The molecule has 0 bridgehead atoms. The smallest absolute Gasteiger partial charge is 0.265 e. The molecule has 0 aliphatic carbocycles. The molecule has 2 heterocycles. The number of benzene rings is 1. The van der Waals surface area contributed by atoms with E-state index in [1.807, 2.05) is 56.3 Å². The van der Waals surface area contributed by atoms with E-state index in [9.17, 15) is 8.42 Å². The fourth-order valence-corrected chi connectivity index (χ4v) is 5.08. The maximum Gasteiger partial charge on any atom is 0.265 e. The Kier molecular flexibility index (Phi) is 5.52. The Labute approximate surface area is 169 Å². The van der Waals surface area contributed by atoms with Crippen molar-refractivity contribution in [3.63, 3.8) is 0 Å². The third kappa shape index (κ3) is 3.98. The lowest BCUT2D eigenvalue weighted by molar-refractivity contribution is 0.461. The van der Waals surface area contributed by atoms with E-state index in [1.165, 1.54) is 4.31 Å². The minimum atomic E-state index is -3.75. The molecule has 0 spiro atoms. The highest BCUT2D eigenvalue weighted by atomic mass is 79.9. The predicted molar refractivity (Wildman–Crippen MR) is 111 cm³/mol. The Bertz CT molecular complexity index is 996. The molecule has 5 nitrogen and oxygen atoms in total. The van der Waals surface area contributed by atoms with E-state index < -0.39 is 16.1 Å². The first kappa shape index (κ1) is 19.7. The van der Waals surface area contributed by atoms with Gasteiger partial charge in [0.15, 0.2) is 0 Å². The number of allylic oxidation sites excluding steroid dienone is 1. The van der Waals surface area contributed by atoms with Gasteiger partial charge in [-0.05, 0) is 55.2 Å². The second-order valence-electron chi connectivity index (χ2n) is 6.85. The molecule has 0 saturated heterocycles. The van der Waals surface area contributed by atoms with Crippen LogP contribution in [-0.2, 0) is 10.0 Å². The number of rotatable bonds is 3. The fraction of sp³-hybridized carbons (Fsp3) is 0.300. The molecule has 142 valence electrons. The van der Waals surface area contributed by atoms with Gasteiger partial charge < -0.3 is 4.90 Å². The number of hydrogen-bond acceptors (Lipinski definition) is 4. The molecule has 1 atom stereocenters. The van der Waals surface area contributed by atoms with Crippen molar-refractivity contribution in [1.82, 2.24) is 14.1 Å². The first-order valence-corrected chi connectivity index (χ1v) is 10.7. The minimum absolute atomic E-state index is 0.261. The number of fused-ring (bicyclic) bond motifs is 1. The third-order valence-corrected chi connectivity index (χ3v) is 6.66. The van der Waals surface area contributed by atoms with E-state index in [0.29, 0.717) is 12.2 Å². The Morgan fingerprint density at radius 3 is 2.48 bits per heavy atom. The Balaban J connectivity index is 2.08. The monoisotopic (exact) mass is 447 g/mol. The van der Waals surface area contributed by atoms with Gasteiger partial charge in [0.1, 0.15) is 6.04 Å². The largest absolute Gasteiger partial charge is 0.354 e. The highest BCUT2D eigenvalue weighted by molar-refractivity contribution is 9.12. The van der Waals surface area contributed by atoms with Crippen molar-refractivity contribution in [3.05, 3.63) is 64.1 Å². The van der Waals surface area contributed by atoms with Crippen molar-refractivity contribution in [2.45, 2.75) is 17.9 Å². The molecule has 1 aromatic carbocycles. The molecule has 27 heavy (non-hydrogen) atoms. The molecule has 0 fully saturated rings. The molecule has 0 N–H and O–H groups in total. The average Bonchev–Trinajstić information content (AvgIpc) is 2.94. The summed E-state index contributed by atoms with van der Waals surface area (Å²) in [7, 11) is 1.98. The molecule has 2 aliphatic rings. The van der Waals surface area contributed by atoms with Crippen LogP contribution in [0.4, 0.5) is 0 Å². The number of sulfonamides is 1. The summed E-state index contributed by atoms with van der Waals surface area (Å²) in [6.07, 6.45) is 5.62. The lowest BCUT2D eigenvalue weighted by Gasteiger charge is -2.28. The summed E-state index contributed by atoms with van der Waals surface area (Å²) in [6, 6.07) is 6.35. The maximum absolute atomic E-state index is 13.4. The molecule has 0 saturated carbocycles. The quantitative estimate of drug-likeness (QED) is 0.668. The SMILES string of the molecule is Cc1ccc(S(=O)(=O)N2C3=CN(C)C=C(Br)C3=CC2C#CCN(C)C)cc1. The van der Waals surface area contributed by atoms with Gasteiger partial charge in [0.2, 0.25) is 0 Å². The van der Waals surface area contributed by atoms with E-state index in [0.717, 1.165) is 15.6 Å². The second-order valence-corrected chi connectivity index (χ2v) is 9.52. The van der Waals surface area contributed by atoms with Crippen LogP contribution < -0.4 is 0 Å². The van der Waals surface area contributed by atoms with Crippen molar-refractivity contribution in [2.24, 2.45) is 0 Å². The van der Waals surface area contributed by atoms with Crippen LogP contribution in [-0.4, -0.2) is 56.3 Å². The van der Waals surface area contributed by atoms with Crippen LogP contribution in [0.5, 0.6) is 0 Å². The van der Waals surface area contributed by atoms with Crippen molar-refractivity contribution in [2.75, 3.05) is 27.7 Å². The molecule has 0 radical (unpaired) electrons. The molecule has 1 aromatic rings. The van der Waals surface area contributed by atoms with Gasteiger partial charge in [-0.2, -0.15) is 0 Å². The summed E-state index contributed by atoms with van der Waals surface area (Å²) >= 11 is 3.55. The lowest BCUT2D eigenvalue weighted by Crippen LogP contribution is -2.35. The van der Waals surface area contributed by atoms with Crippen molar-refractivity contribution >= 4 is 26.0 Å². The molecular weight excluding hydrogens is 426 g/mol. The highest BCUT2D eigenvalue weighted by Gasteiger charge is 2.39. The van der Waals surface area contributed by atoms with Gasteiger partial charge in [-0.1, -0.05) is 29.5 Å². The average molecular weight is 448 g/mol. The van der Waals surface area contributed by atoms with Crippen LogP contribution in [0.2, 0.25) is 0 Å². The van der Waals surface area contributed by atoms with Crippen LogP contribution >= 0.6 is 15.9 Å². The first-order chi connectivity index (χ1) is 12.7. The van der Waals surface area contributed by atoms with Crippen LogP contribution in [0.1, 0.15) is 5.56 Å². The van der Waals surface area contributed by atoms with Crippen molar-refractivity contribution in [1.29, 1.82) is 0 Å². The zero-order valence-corrected chi connectivity index (χ0v) is 18.2. The Morgan fingerprint density at radius 1 is 1.19 bits per heavy atom. The normalized spacial score (nSPS) is 19.2. The Morgan fingerprint density at radius 2 is 1.85 bits per heavy atom. The predicted octanol–water partition coefficient (Wildman–Crippen LogP) is 2.88. The summed E-state index contributed by atoms with van der Waals surface area (Å²) in [5, 5.41) is 0. The zero-order valence-electron chi connectivity index (χ0n) is 15.8. The number of hydrogen-bond donors (Lipinski definition) is 0. The topological polar surface area (TPSA) is 43.9 Å². The van der Waals surface area contributed by atoms with Gasteiger partial charge in [0.05, 0.1) is 17.1 Å². The summed E-state index contributed by atoms with van der Waals surface area (Å²) in [4.78, 5) is 4.05. The molecule has 1 unspecified atom stereocenters. The van der Waals surface area contributed by atoms with Crippen LogP contribution in [0.3, 0.4) is 0 Å². The molecule has 0 amide bonds. The summed E-state index contributed by atoms with van der Waals surface area (Å²) in [5.41, 5.74) is 2.48. The van der Waals surface area contributed by atoms with Gasteiger partial charge in [-0.3, -0.25) is 4.90 Å². The lowest BCUT2D eigenvalue weighted by atomic mass is 10.2. The molecular formula is C20H22BrN3O2S. The van der Waals surface area contributed by atoms with Crippen LogP contribution in [0.25, 0.3) is 0 Å². The van der Waals surface area contributed by atoms with E-state index >= 15 is 0 Å². The Hall–Kier alpha value is -2.01. The van der Waals surface area contributed by atoms with E-state index in [1.54, 1.807) is 24.3 Å².